The number of hydrogen-bond donors (Lipinski definition) is 3. The summed E-state index contributed by atoms with van der Waals surface area (Å²) in [7, 11) is 0. The molecule has 0 aromatic heterocycles. The number of rotatable bonds is 10. The molecule has 1 atom stereocenters. The maximum atomic E-state index is 10.9. The van der Waals surface area contributed by atoms with E-state index in [1.165, 1.54) is 5.56 Å². The van der Waals surface area contributed by atoms with Gasteiger partial charge in [-0.3, -0.25) is 4.79 Å². The molecular weight excluding hydrogens is 266 g/mol. The van der Waals surface area contributed by atoms with Crippen molar-refractivity contribution < 1.29 is 15.0 Å². The first-order chi connectivity index (χ1) is 10.0. The lowest BCUT2D eigenvalue weighted by Gasteiger charge is -2.17. The second kappa shape index (κ2) is 9.53. The van der Waals surface area contributed by atoms with Crippen LogP contribution in [0.25, 0.3) is 0 Å². The van der Waals surface area contributed by atoms with Crippen LogP contribution in [0.2, 0.25) is 0 Å². The standard InChI is InChI=1S/C17H27NO3/c1-13(2)10-14-4-6-15(7-5-14)11-16(12-17(20)21)18-8-3-9-19/h4-7,13,16,18-19H,3,8-12H2,1-2H3,(H,20,21). The van der Waals surface area contributed by atoms with E-state index in [9.17, 15) is 4.79 Å². The van der Waals surface area contributed by atoms with E-state index in [-0.39, 0.29) is 19.1 Å². The lowest BCUT2D eigenvalue weighted by Crippen LogP contribution is -2.34. The lowest BCUT2D eigenvalue weighted by molar-refractivity contribution is -0.137. The van der Waals surface area contributed by atoms with Crippen molar-refractivity contribution in [1.82, 2.24) is 5.32 Å². The second-order valence-electron chi connectivity index (χ2n) is 5.94. The highest BCUT2D eigenvalue weighted by Crippen LogP contribution is 2.12. The van der Waals surface area contributed by atoms with Crippen molar-refractivity contribution in [2.75, 3.05) is 13.2 Å². The van der Waals surface area contributed by atoms with Crippen LogP contribution in [0.4, 0.5) is 0 Å². The van der Waals surface area contributed by atoms with Crippen LogP contribution in [0.15, 0.2) is 24.3 Å². The molecule has 21 heavy (non-hydrogen) atoms. The minimum Gasteiger partial charge on any atom is -0.481 e. The largest absolute Gasteiger partial charge is 0.481 e. The van der Waals surface area contributed by atoms with Gasteiger partial charge in [0.25, 0.3) is 0 Å². The second-order valence-corrected chi connectivity index (χ2v) is 5.94. The molecule has 4 nitrogen and oxygen atoms in total. The van der Waals surface area contributed by atoms with Crippen molar-refractivity contribution in [3.63, 3.8) is 0 Å². The summed E-state index contributed by atoms with van der Waals surface area (Å²) < 4.78 is 0. The molecule has 0 bridgehead atoms. The Balaban J connectivity index is 2.57. The Kier molecular flexibility index (Phi) is 8.01. The SMILES string of the molecule is CC(C)Cc1ccc(CC(CC(=O)O)NCCCO)cc1. The highest BCUT2D eigenvalue weighted by molar-refractivity contribution is 5.67. The van der Waals surface area contributed by atoms with Crippen LogP contribution in [0.3, 0.4) is 0 Å². The van der Waals surface area contributed by atoms with E-state index in [0.29, 0.717) is 25.3 Å². The number of aliphatic hydroxyl groups excluding tert-OH is 1. The van der Waals surface area contributed by atoms with Crippen molar-refractivity contribution in [3.05, 3.63) is 35.4 Å². The average Bonchev–Trinajstić information content (AvgIpc) is 2.40. The zero-order chi connectivity index (χ0) is 15.7. The minimum absolute atomic E-state index is 0.0926. The summed E-state index contributed by atoms with van der Waals surface area (Å²) in [6.45, 7) is 5.15. The molecular formula is C17H27NO3. The summed E-state index contributed by atoms with van der Waals surface area (Å²) in [6.07, 6.45) is 2.50. The number of aliphatic carboxylic acids is 1. The molecule has 1 aromatic carbocycles. The first-order valence-electron chi connectivity index (χ1n) is 7.65. The smallest absolute Gasteiger partial charge is 0.304 e. The summed E-state index contributed by atoms with van der Waals surface area (Å²) in [4.78, 5) is 10.9. The van der Waals surface area contributed by atoms with Crippen LogP contribution in [0, 0.1) is 5.92 Å². The zero-order valence-corrected chi connectivity index (χ0v) is 13.0. The minimum atomic E-state index is -0.798. The first kappa shape index (κ1) is 17.7. The van der Waals surface area contributed by atoms with Gasteiger partial charge in [-0.2, -0.15) is 0 Å². The third-order valence-corrected chi connectivity index (χ3v) is 3.34. The van der Waals surface area contributed by atoms with E-state index in [1.807, 2.05) is 0 Å². The van der Waals surface area contributed by atoms with Crippen LogP contribution in [0.5, 0.6) is 0 Å². The molecule has 0 saturated carbocycles. The Morgan fingerprint density at radius 3 is 2.19 bits per heavy atom. The number of nitrogens with one attached hydrogen (secondary N) is 1. The molecule has 0 fully saturated rings. The number of carboxylic acid groups (broad SMARTS) is 1. The molecule has 0 aliphatic carbocycles. The normalized spacial score (nSPS) is 12.6. The zero-order valence-electron chi connectivity index (χ0n) is 13.0. The van der Waals surface area contributed by atoms with E-state index in [2.05, 4.69) is 43.4 Å². The van der Waals surface area contributed by atoms with E-state index in [0.717, 1.165) is 12.0 Å². The van der Waals surface area contributed by atoms with Gasteiger partial charge in [0.15, 0.2) is 0 Å². The van der Waals surface area contributed by atoms with E-state index >= 15 is 0 Å². The van der Waals surface area contributed by atoms with Crippen LogP contribution < -0.4 is 5.32 Å². The lowest BCUT2D eigenvalue weighted by atomic mass is 9.98. The highest BCUT2D eigenvalue weighted by Gasteiger charge is 2.13. The van der Waals surface area contributed by atoms with E-state index in [4.69, 9.17) is 10.2 Å². The maximum Gasteiger partial charge on any atom is 0.304 e. The van der Waals surface area contributed by atoms with Gasteiger partial charge < -0.3 is 15.5 Å². The number of aliphatic hydroxyl groups is 1. The molecule has 0 spiro atoms. The molecule has 4 heteroatoms. The fourth-order valence-electron chi connectivity index (χ4n) is 2.38. The van der Waals surface area contributed by atoms with Crippen LogP contribution in [-0.2, 0) is 17.6 Å². The van der Waals surface area contributed by atoms with Gasteiger partial charge >= 0.3 is 5.97 Å². The van der Waals surface area contributed by atoms with Gasteiger partial charge in [0.2, 0.25) is 0 Å². The predicted octanol–water partition coefficient (Wildman–Crippen LogP) is 2.24. The van der Waals surface area contributed by atoms with Gasteiger partial charge in [0, 0.05) is 12.6 Å². The topological polar surface area (TPSA) is 69.6 Å². The monoisotopic (exact) mass is 293 g/mol. The van der Waals surface area contributed by atoms with Gasteiger partial charge in [0.05, 0.1) is 6.42 Å². The molecule has 1 aromatic rings. The third kappa shape index (κ3) is 7.83. The summed E-state index contributed by atoms with van der Waals surface area (Å²) in [6, 6.07) is 8.33. The summed E-state index contributed by atoms with van der Waals surface area (Å²) in [5, 5.41) is 21.0. The summed E-state index contributed by atoms with van der Waals surface area (Å²) in [5.74, 6) is -0.163. The Morgan fingerprint density at radius 1 is 1.14 bits per heavy atom. The van der Waals surface area contributed by atoms with Crippen LogP contribution in [0.1, 0.15) is 37.8 Å². The quantitative estimate of drug-likeness (QED) is 0.579. The number of carboxylic acids is 1. The Bertz CT molecular complexity index is 415. The van der Waals surface area contributed by atoms with Crippen LogP contribution >= 0.6 is 0 Å². The molecule has 118 valence electrons. The van der Waals surface area contributed by atoms with Gasteiger partial charge in [-0.05, 0) is 42.9 Å². The molecule has 0 aliphatic heterocycles. The Morgan fingerprint density at radius 2 is 1.71 bits per heavy atom. The van der Waals surface area contributed by atoms with Crippen molar-refractivity contribution in [1.29, 1.82) is 0 Å². The van der Waals surface area contributed by atoms with E-state index < -0.39 is 5.97 Å². The fourth-order valence-corrected chi connectivity index (χ4v) is 2.38. The van der Waals surface area contributed by atoms with Crippen molar-refractivity contribution in [3.8, 4) is 0 Å². The number of hydrogen-bond acceptors (Lipinski definition) is 3. The third-order valence-electron chi connectivity index (χ3n) is 3.34. The summed E-state index contributed by atoms with van der Waals surface area (Å²) in [5.41, 5.74) is 2.46. The number of benzene rings is 1. The van der Waals surface area contributed by atoms with Crippen molar-refractivity contribution in [2.24, 2.45) is 5.92 Å². The summed E-state index contributed by atoms with van der Waals surface area (Å²) >= 11 is 0. The molecule has 0 radical (unpaired) electrons. The molecule has 0 amide bonds. The average molecular weight is 293 g/mol. The van der Waals surface area contributed by atoms with Crippen LogP contribution in [-0.4, -0.2) is 35.4 Å². The van der Waals surface area contributed by atoms with Crippen molar-refractivity contribution >= 4 is 5.97 Å². The molecule has 1 unspecified atom stereocenters. The van der Waals surface area contributed by atoms with Gasteiger partial charge in [-0.1, -0.05) is 38.1 Å². The fraction of sp³-hybridized carbons (Fsp3) is 0.588. The van der Waals surface area contributed by atoms with E-state index in [1.54, 1.807) is 0 Å². The molecule has 1 rings (SSSR count). The highest BCUT2D eigenvalue weighted by atomic mass is 16.4. The molecule has 0 aliphatic rings. The van der Waals surface area contributed by atoms with Crippen molar-refractivity contribution in [2.45, 2.75) is 45.6 Å². The number of carbonyl (C=O) groups is 1. The molecule has 3 N–H and O–H groups in total. The van der Waals surface area contributed by atoms with Gasteiger partial charge in [-0.25, -0.2) is 0 Å². The van der Waals surface area contributed by atoms with Gasteiger partial charge in [-0.15, -0.1) is 0 Å². The predicted molar refractivity (Wildman–Crippen MR) is 84.4 cm³/mol. The Hall–Kier alpha value is -1.39. The maximum absolute atomic E-state index is 10.9. The molecule has 0 heterocycles. The first-order valence-corrected chi connectivity index (χ1v) is 7.65. The van der Waals surface area contributed by atoms with Gasteiger partial charge in [0.1, 0.15) is 0 Å². The Labute approximate surface area is 127 Å². The molecule has 0 saturated heterocycles.